The van der Waals surface area contributed by atoms with Crippen molar-refractivity contribution in [3.8, 4) is 5.75 Å². The molecule has 2 aromatic rings. The molecule has 1 spiro atoms. The van der Waals surface area contributed by atoms with Crippen LogP contribution in [0.15, 0.2) is 36.4 Å². The number of benzene rings is 2. The monoisotopic (exact) mass is 381 g/mol. The Kier molecular flexibility index (Phi) is 5.21. The number of ether oxygens (including phenoxy) is 1. The number of fused-ring (bicyclic) bond motifs is 1. The van der Waals surface area contributed by atoms with Crippen LogP contribution in [0.1, 0.15) is 59.3 Å². The predicted molar refractivity (Wildman–Crippen MR) is 111 cm³/mol. The SMILES string of the molecule is Cc1ccc([C@H](O)CN2CCC3(CC2)C[C@H](O)c2cc(C)c(C)cc2O3)cc1. The number of piperidine rings is 1. The van der Waals surface area contributed by atoms with E-state index in [9.17, 15) is 10.2 Å². The molecule has 2 atom stereocenters. The quantitative estimate of drug-likeness (QED) is 0.844. The van der Waals surface area contributed by atoms with Crippen LogP contribution in [0, 0.1) is 20.8 Å². The van der Waals surface area contributed by atoms with Crippen LogP contribution in [0.25, 0.3) is 0 Å². The number of hydrogen-bond acceptors (Lipinski definition) is 4. The molecule has 150 valence electrons. The van der Waals surface area contributed by atoms with E-state index >= 15 is 0 Å². The summed E-state index contributed by atoms with van der Waals surface area (Å²) < 4.78 is 6.47. The summed E-state index contributed by atoms with van der Waals surface area (Å²) in [7, 11) is 0. The molecule has 0 aromatic heterocycles. The lowest BCUT2D eigenvalue weighted by atomic mass is 9.81. The highest BCUT2D eigenvalue weighted by atomic mass is 16.5. The van der Waals surface area contributed by atoms with E-state index in [0.29, 0.717) is 13.0 Å². The third kappa shape index (κ3) is 3.82. The summed E-state index contributed by atoms with van der Waals surface area (Å²) >= 11 is 0. The summed E-state index contributed by atoms with van der Waals surface area (Å²) in [6.07, 6.45) is 1.46. The van der Waals surface area contributed by atoms with Gasteiger partial charge >= 0.3 is 0 Å². The van der Waals surface area contributed by atoms with E-state index in [1.54, 1.807) is 0 Å². The predicted octanol–water partition coefficient (Wildman–Crippen LogP) is 4.00. The summed E-state index contributed by atoms with van der Waals surface area (Å²) in [6.45, 7) is 8.59. The van der Waals surface area contributed by atoms with Crippen molar-refractivity contribution in [2.24, 2.45) is 0 Å². The van der Waals surface area contributed by atoms with E-state index in [0.717, 1.165) is 42.8 Å². The number of nitrogens with zero attached hydrogens (tertiary/aromatic N) is 1. The Balaban J connectivity index is 1.41. The second-order valence-corrected chi connectivity index (χ2v) is 8.71. The van der Waals surface area contributed by atoms with Crippen LogP contribution < -0.4 is 4.74 Å². The molecule has 2 aromatic carbocycles. The highest BCUT2D eigenvalue weighted by molar-refractivity contribution is 5.45. The lowest BCUT2D eigenvalue weighted by Crippen LogP contribution is -2.51. The van der Waals surface area contributed by atoms with E-state index in [-0.39, 0.29) is 5.60 Å². The molecular weight excluding hydrogens is 350 g/mol. The summed E-state index contributed by atoms with van der Waals surface area (Å²) in [6, 6.07) is 12.2. The van der Waals surface area contributed by atoms with Crippen molar-refractivity contribution >= 4 is 0 Å². The first kappa shape index (κ1) is 19.4. The van der Waals surface area contributed by atoms with Gasteiger partial charge in [0, 0.05) is 31.6 Å². The fourth-order valence-electron chi connectivity index (χ4n) is 4.49. The molecular formula is C24H31NO3. The second-order valence-electron chi connectivity index (χ2n) is 8.71. The van der Waals surface area contributed by atoms with Gasteiger partial charge in [-0.2, -0.15) is 0 Å². The van der Waals surface area contributed by atoms with Gasteiger partial charge in [0.2, 0.25) is 0 Å². The average molecular weight is 382 g/mol. The number of aliphatic hydroxyl groups excluding tert-OH is 2. The van der Waals surface area contributed by atoms with E-state index < -0.39 is 12.2 Å². The highest BCUT2D eigenvalue weighted by Crippen LogP contribution is 2.45. The van der Waals surface area contributed by atoms with Crippen LogP contribution in [0.4, 0.5) is 0 Å². The van der Waals surface area contributed by atoms with Gasteiger partial charge in [0.05, 0.1) is 12.2 Å². The molecule has 4 rings (SSSR count). The van der Waals surface area contributed by atoms with E-state index in [4.69, 9.17) is 4.74 Å². The molecule has 28 heavy (non-hydrogen) atoms. The standard InChI is InChI=1S/C24H31NO3/c1-16-4-6-19(7-5-16)22(27)15-25-10-8-24(9-11-25)14-21(26)20-12-17(2)18(3)13-23(20)28-24/h4-7,12-13,21-22,26-27H,8-11,14-15H2,1-3H3/t21-,22+/m0/s1. The first-order valence-electron chi connectivity index (χ1n) is 10.3. The number of aliphatic hydroxyl groups is 2. The Morgan fingerprint density at radius 2 is 1.71 bits per heavy atom. The zero-order valence-corrected chi connectivity index (χ0v) is 17.1. The number of β-amino-alcohol motifs (C(OH)–C–C–N with tert-alkyl or cyclic N) is 1. The van der Waals surface area contributed by atoms with Crippen LogP contribution in [0.2, 0.25) is 0 Å². The zero-order valence-electron chi connectivity index (χ0n) is 17.1. The van der Waals surface area contributed by atoms with Gasteiger partial charge in [0.1, 0.15) is 11.4 Å². The summed E-state index contributed by atoms with van der Waals surface area (Å²) in [5.74, 6) is 0.843. The second kappa shape index (κ2) is 7.51. The van der Waals surface area contributed by atoms with Crippen LogP contribution in [-0.2, 0) is 0 Å². The number of likely N-dealkylation sites (tertiary alicyclic amines) is 1. The lowest BCUT2D eigenvalue weighted by molar-refractivity contribution is -0.0588. The van der Waals surface area contributed by atoms with Gasteiger partial charge in [-0.15, -0.1) is 0 Å². The first-order chi connectivity index (χ1) is 13.3. The Morgan fingerprint density at radius 1 is 1.07 bits per heavy atom. The largest absolute Gasteiger partial charge is 0.487 e. The van der Waals surface area contributed by atoms with Crippen molar-refractivity contribution in [3.05, 3.63) is 64.2 Å². The maximum absolute atomic E-state index is 10.7. The maximum Gasteiger partial charge on any atom is 0.126 e. The number of hydrogen-bond donors (Lipinski definition) is 2. The van der Waals surface area contributed by atoms with E-state index in [1.165, 1.54) is 16.7 Å². The number of rotatable bonds is 3. The molecule has 0 unspecified atom stereocenters. The normalized spacial score (nSPS) is 22.5. The van der Waals surface area contributed by atoms with Crippen molar-refractivity contribution in [2.75, 3.05) is 19.6 Å². The molecule has 2 aliphatic rings. The van der Waals surface area contributed by atoms with Gasteiger partial charge in [-0.3, -0.25) is 0 Å². The Bertz CT molecular complexity index is 838. The first-order valence-corrected chi connectivity index (χ1v) is 10.3. The summed E-state index contributed by atoms with van der Waals surface area (Å²) in [5, 5.41) is 21.3. The zero-order chi connectivity index (χ0) is 19.9. The molecule has 1 saturated heterocycles. The van der Waals surface area contributed by atoms with Gasteiger partial charge in [-0.1, -0.05) is 29.8 Å². The maximum atomic E-state index is 10.7. The van der Waals surface area contributed by atoms with Crippen molar-refractivity contribution in [2.45, 2.75) is 57.8 Å². The third-order valence-corrected chi connectivity index (χ3v) is 6.54. The smallest absolute Gasteiger partial charge is 0.126 e. The minimum Gasteiger partial charge on any atom is -0.487 e. The lowest BCUT2D eigenvalue weighted by Gasteiger charge is -2.46. The fourth-order valence-corrected chi connectivity index (χ4v) is 4.49. The fraction of sp³-hybridized carbons (Fsp3) is 0.500. The minimum atomic E-state index is -0.473. The summed E-state index contributed by atoms with van der Waals surface area (Å²) in [4.78, 5) is 2.31. The van der Waals surface area contributed by atoms with E-state index in [2.05, 4.69) is 37.8 Å². The molecule has 2 aliphatic heterocycles. The molecule has 2 N–H and O–H groups in total. The Morgan fingerprint density at radius 3 is 2.39 bits per heavy atom. The molecule has 2 heterocycles. The van der Waals surface area contributed by atoms with Crippen molar-refractivity contribution in [3.63, 3.8) is 0 Å². The molecule has 0 aliphatic carbocycles. The Hall–Kier alpha value is -1.88. The van der Waals surface area contributed by atoms with Crippen LogP contribution in [-0.4, -0.2) is 40.3 Å². The molecule has 0 saturated carbocycles. The van der Waals surface area contributed by atoms with Gasteiger partial charge < -0.3 is 19.8 Å². The highest BCUT2D eigenvalue weighted by Gasteiger charge is 2.43. The average Bonchev–Trinajstić information content (AvgIpc) is 2.66. The molecule has 0 bridgehead atoms. The van der Waals surface area contributed by atoms with Gasteiger partial charge in [-0.05, 0) is 62.4 Å². The van der Waals surface area contributed by atoms with Crippen LogP contribution in [0.5, 0.6) is 5.75 Å². The molecule has 0 amide bonds. The van der Waals surface area contributed by atoms with Crippen molar-refractivity contribution < 1.29 is 14.9 Å². The Labute approximate surface area is 167 Å². The van der Waals surface area contributed by atoms with Crippen molar-refractivity contribution in [1.82, 2.24) is 4.90 Å². The van der Waals surface area contributed by atoms with Gasteiger partial charge in [0.15, 0.2) is 0 Å². The number of aryl methyl sites for hydroxylation is 3. The summed E-state index contributed by atoms with van der Waals surface area (Å²) in [5.41, 5.74) is 5.19. The van der Waals surface area contributed by atoms with Gasteiger partial charge in [-0.25, -0.2) is 0 Å². The van der Waals surface area contributed by atoms with Crippen LogP contribution in [0.3, 0.4) is 0 Å². The molecule has 4 heteroatoms. The van der Waals surface area contributed by atoms with Crippen LogP contribution >= 0.6 is 0 Å². The van der Waals surface area contributed by atoms with Gasteiger partial charge in [0.25, 0.3) is 0 Å². The molecule has 0 radical (unpaired) electrons. The van der Waals surface area contributed by atoms with Crippen molar-refractivity contribution in [1.29, 1.82) is 0 Å². The molecule has 4 nitrogen and oxygen atoms in total. The third-order valence-electron chi connectivity index (χ3n) is 6.54. The van der Waals surface area contributed by atoms with E-state index in [1.807, 2.05) is 24.3 Å². The molecule has 1 fully saturated rings. The topological polar surface area (TPSA) is 52.9 Å². The minimum absolute atomic E-state index is 0.292.